The van der Waals surface area contributed by atoms with Gasteiger partial charge in [-0.1, -0.05) is 12.5 Å². The fraction of sp³-hybridized carbons (Fsp3) is 0.733. The van der Waals surface area contributed by atoms with Crippen molar-refractivity contribution in [3.8, 4) is 0 Å². The molecule has 0 aliphatic rings. The zero-order valence-electron chi connectivity index (χ0n) is 14.0. The average Bonchev–Trinajstić information content (AvgIpc) is 2.41. The van der Waals surface area contributed by atoms with Gasteiger partial charge in [0, 0.05) is 6.54 Å². The van der Waals surface area contributed by atoms with E-state index >= 15 is 0 Å². The molecule has 7 heteroatoms. The van der Waals surface area contributed by atoms with Crippen LogP contribution in [-0.2, 0) is 4.79 Å². The predicted molar refractivity (Wildman–Crippen MR) is 81.1 cm³/mol. The molecule has 0 saturated carbocycles. The van der Waals surface area contributed by atoms with Gasteiger partial charge in [-0.15, -0.1) is 6.58 Å². The van der Waals surface area contributed by atoms with Gasteiger partial charge in [-0.3, -0.25) is 14.7 Å². The van der Waals surface area contributed by atoms with Crippen LogP contribution in [0.1, 0.15) is 46.0 Å². The van der Waals surface area contributed by atoms with Crippen molar-refractivity contribution < 1.29 is 71.5 Å². The Morgan fingerprint density at radius 3 is 2.50 bits per heavy atom. The first-order valence-electron chi connectivity index (χ1n) is 7.34. The van der Waals surface area contributed by atoms with Crippen molar-refractivity contribution in [2.75, 3.05) is 13.2 Å². The molecule has 0 bridgehead atoms. The van der Waals surface area contributed by atoms with E-state index in [4.69, 9.17) is 5.11 Å². The normalized spacial score (nSPS) is 14.3. The Kier molecular flexibility index (Phi) is 16.5. The van der Waals surface area contributed by atoms with Crippen molar-refractivity contribution in [1.82, 2.24) is 4.90 Å². The van der Waals surface area contributed by atoms with Gasteiger partial charge in [-0.25, -0.2) is 0 Å². The maximum absolute atomic E-state index is 11.6. The van der Waals surface area contributed by atoms with Crippen molar-refractivity contribution in [1.29, 1.82) is 0 Å². The van der Waals surface area contributed by atoms with Crippen molar-refractivity contribution >= 4 is 11.9 Å². The second kappa shape index (κ2) is 14.8. The Morgan fingerprint density at radius 1 is 1.36 bits per heavy atom. The minimum absolute atomic E-state index is 0. The number of aliphatic hydroxyl groups excluding tert-OH is 1. The molecule has 0 heterocycles. The third kappa shape index (κ3) is 12.7. The van der Waals surface area contributed by atoms with E-state index in [9.17, 15) is 15.0 Å². The van der Waals surface area contributed by atoms with Gasteiger partial charge in [0.2, 0.25) is 0 Å². The molecular formula is C15H27KN2O4. The smallest absolute Gasteiger partial charge is 0.862 e. The number of aliphatic carboxylic acids is 1. The summed E-state index contributed by atoms with van der Waals surface area (Å²) in [6.45, 7) is 6.90. The summed E-state index contributed by atoms with van der Waals surface area (Å²) >= 11 is 0. The summed E-state index contributed by atoms with van der Waals surface area (Å²) in [7, 11) is 0. The zero-order valence-corrected chi connectivity index (χ0v) is 17.1. The van der Waals surface area contributed by atoms with Crippen LogP contribution in [-0.4, -0.2) is 52.3 Å². The number of carbonyl (C=O) groups is 1. The molecule has 0 aromatic rings. The Hall–Kier alpha value is 0.236. The Balaban J connectivity index is 0. The monoisotopic (exact) mass is 338 g/mol. The predicted octanol–water partition coefficient (Wildman–Crippen LogP) is -2.00. The number of aliphatic hydroxyl groups is 1. The topological polar surface area (TPSA) is 96.2 Å². The van der Waals surface area contributed by atoms with Crippen molar-refractivity contribution in [2.24, 2.45) is 4.99 Å². The first-order chi connectivity index (χ1) is 9.88. The molecule has 2 N–H and O–H groups in total. The number of rotatable bonds is 12. The fourth-order valence-electron chi connectivity index (χ4n) is 1.82. The molecule has 0 rings (SSSR count). The van der Waals surface area contributed by atoms with Crippen LogP contribution >= 0.6 is 0 Å². The van der Waals surface area contributed by atoms with E-state index in [-0.39, 0.29) is 70.5 Å². The molecule has 0 aliphatic heterocycles. The van der Waals surface area contributed by atoms with E-state index in [0.29, 0.717) is 6.42 Å². The zero-order chi connectivity index (χ0) is 16.3. The van der Waals surface area contributed by atoms with E-state index in [2.05, 4.69) is 11.6 Å². The van der Waals surface area contributed by atoms with Crippen LogP contribution in [0, 0.1) is 0 Å². The summed E-state index contributed by atoms with van der Waals surface area (Å²) in [4.78, 5) is 16.3. The molecule has 0 aliphatic carbocycles. The van der Waals surface area contributed by atoms with E-state index in [1.807, 2.05) is 6.08 Å². The molecule has 0 saturated heterocycles. The maximum Gasteiger partial charge on any atom is 1.00 e. The molecule has 2 atom stereocenters. The third-order valence-corrected chi connectivity index (χ3v) is 3.13. The molecule has 22 heavy (non-hydrogen) atoms. The third-order valence-electron chi connectivity index (χ3n) is 3.13. The summed E-state index contributed by atoms with van der Waals surface area (Å²) in [5, 5.41) is 30.0. The van der Waals surface area contributed by atoms with Crippen molar-refractivity contribution in [3.05, 3.63) is 12.7 Å². The van der Waals surface area contributed by atoms with Crippen LogP contribution in [0.15, 0.2) is 17.6 Å². The van der Waals surface area contributed by atoms with E-state index in [0.717, 1.165) is 25.7 Å². The summed E-state index contributed by atoms with van der Waals surface area (Å²) in [6, 6.07) is -0.788. The van der Waals surface area contributed by atoms with Gasteiger partial charge < -0.3 is 15.3 Å². The van der Waals surface area contributed by atoms with Gasteiger partial charge >= 0.3 is 57.4 Å². The van der Waals surface area contributed by atoms with Crippen LogP contribution in [0.5, 0.6) is 0 Å². The quantitative estimate of drug-likeness (QED) is 0.141. The second-order valence-corrected chi connectivity index (χ2v) is 5.22. The summed E-state index contributed by atoms with van der Waals surface area (Å²) in [6.07, 6.45) is 5.26. The molecule has 0 fully saturated rings. The van der Waals surface area contributed by atoms with Gasteiger partial charge in [0.25, 0.3) is 0 Å². The summed E-state index contributed by atoms with van der Waals surface area (Å²) < 4.78 is 0. The minimum atomic E-state index is -0.997. The van der Waals surface area contributed by atoms with Crippen LogP contribution < -0.4 is 56.5 Å². The van der Waals surface area contributed by atoms with E-state index < -0.39 is 18.1 Å². The summed E-state index contributed by atoms with van der Waals surface area (Å²) in [5.74, 6) is -1.22. The van der Waals surface area contributed by atoms with Gasteiger partial charge in [-0.05, 0) is 45.4 Å². The molecule has 0 aromatic heterocycles. The summed E-state index contributed by atoms with van der Waals surface area (Å²) in [5.41, 5.74) is 0. The minimum Gasteiger partial charge on any atom is -0.862 e. The number of carboxylic acid groups (broad SMARTS) is 1. The number of allylic oxidation sites excluding steroid dienone is 1. The number of carboxylic acids is 1. The number of hydrogen-bond acceptors (Lipinski definition) is 5. The van der Waals surface area contributed by atoms with Crippen LogP contribution in [0.4, 0.5) is 0 Å². The molecule has 0 spiro atoms. The molecule has 0 radical (unpaired) electrons. The van der Waals surface area contributed by atoms with Crippen LogP contribution in [0.25, 0.3) is 0 Å². The fourth-order valence-corrected chi connectivity index (χ4v) is 1.82. The van der Waals surface area contributed by atoms with Gasteiger partial charge in [0.15, 0.2) is 0 Å². The largest absolute Gasteiger partial charge is 1.00 e. The SMILES string of the molecule is C=CCCCCCC([O-])=NCN(CC(C)O)C(C)C(=O)O.[K+]. The Morgan fingerprint density at radius 2 is 2.00 bits per heavy atom. The first-order valence-corrected chi connectivity index (χ1v) is 7.34. The molecule has 6 nitrogen and oxygen atoms in total. The standard InChI is InChI=1S/C15H28N2O4.K/c1-4-5-6-7-8-9-14(19)16-11-17(10-12(2)18)13(3)15(20)21;/h4,12-13,18H,1,5-11H2,2-3H3,(H,16,19)(H,20,21);/q;+1/p-1. The van der Waals surface area contributed by atoms with E-state index in [1.165, 1.54) is 11.8 Å². The molecule has 0 aromatic carbocycles. The van der Waals surface area contributed by atoms with Crippen molar-refractivity contribution in [3.63, 3.8) is 0 Å². The number of hydrogen-bond donors (Lipinski definition) is 2. The Bertz CT molecular complexity index is 348. The van der Waals surface area contributed by atoms with E-state index in [1.54, 1.807) is 6.92 Å². The maximum atomic E-state index is 11.6. The number of nitrogens with zero attached hydrogens (tertiary/aromatic N) is 2. The molecule has 122 valence electrons. The van der Waals surface area contributed by atoms with Crippen molar-refractivity contribution in [2.45, 2.75) is 58.1 Å². The number of unbranched alkanes of at least 4 members (excludes halogenated alkanes) is 3. The molecule has 2 unspecified atom stereocenters. The van der Waals surface area contributed by atoms with Gasteiger partial charge in [0.05, 0.1) is 12.8 Å². The van der Waals surface area contributed by atoms with Gasteiger partial charge in [0.1, 0.15) is 6.04 Å². The van der Waals surface area contributed by atoms with Crippen LogP contribution in [0.2, 0.25) is 0 Å². The van der Waals surface area contributed by atoms with Crippen LogP contribution in [0.3, 0.4) is 0 Å². The average molecular weight is 338 g/mol. The molecule has 0 amide bonds. The second-order valence-electron chi connectivity index (χ2n) is 5.22. The first kappa shape index (κ1) is 24.5. The Labute approximate surface area is 175 Å². The molecular weight excluding hydrogens is 311 g/mol. The number of aliphatic imine (C=N–C) groups is 1. The van der Waals surface area contributed by atoms with Gasteiger partial charge in [-0.2, -0.15) is 0 Å².